The fourth-order valence-electron chi connectivity index (χ4n) is 0.585. The van der Waals surface area contributed by atoms with Crippen molar-refractivity contribution in [2.24, 2.45) is 0 Å². The Balaban J connectivity index is 3.94. The Morgan fingerprint density at radius 1 is 1.40 bits per heavy atom. The monoisotopic (exact) mass is 163 g/mol. The van der Waals surface area contributed by atoms with Gasteiger partial charge in [-0.05, 0) is 27.7 Å². The van der Waals surface area contributed by atoms with Crippen molar-refractivity contribution in [3.63, 3.8) is 0 Å². The van der Waals surface area contributed by atoms with Crippen molar-refractivity contribution in [2.45, 2.75) is 32.4 Å². The van der Waals surface area contributed by atoms with Crippen LogP contribution in [0.5, 0.6) is 0 Å². The summed E-state index contributed by atoms with van der Waals surface area (Å²) in [6.45, 7) is 8.79. The minimum absolute atomic E-state index is 0.120. The Hall–Kier alpha value is 0.270. The molecule has 0 heterocycles. The van der Waals surface area contributed by atoms with E-state index >= 15 is 0 Å². The minimum Gasteiger partial charge on any atom is -0.598 e. The zero-order chi connectivity index (χ0) is 8.36. The fourth-order valence-corrected chi connectivity index (χ4v) is 1.75. The SMILES string of the molecule is CCN(C)[S+]([O-])C(C)(C)C. The molecule has 1 unspecified atom stereocenters. The molecule has 0 bridgehead atoms. The van der Waals surface area contributed by atoms with E-state index in [0.717, 1.165) is 6.54 Å². The molecule has 0 aliphatic heterocycles. The molecule has 0 saturated heterocycles. The van der Waals surface area contributed by atoms with Gasteiger partial charge in [-0.25, -0.2) is 0 Å². The summed E-state index contributed by atoms with van der Waals surface area (Å²) in [6, 6.07) is 0. The lowest BCUT2D eigenvalue weighted by molar-refractivity contribution is 0.458. The van der Waals surface area contributed by atoms with Crippen LogP contribution in [0.2, 0.25) is 0 Å². The van der Waals surface area contributed by atoms with Crippen molar-refractivity contribution < 1.29 is 4.55 Å². The molecule has 62 valence electrons. The highest BCUT2D eigenvalue weighted by molar-refractivity contribution is 7.90. The summed E-state index contributed by atoms with van der Waals surface area (Å²) < 4.78 is 13.2. The minimum atomic E-state index is -0.849. The third-order valence-electron chi connectivity index (χ3n) is 1.25. The Kier molecular flexibility index (Phi) is 3.70. The highest BCUT2D eigenvalue weighted by atomic mass is 32.2. The first kappa shape index (κ1) is 10.3. The lowest BCUT2D eigenvalue weighted by Crippen LogP contribution is -2.40. The third-order valence-corrected chi connectivity index (χ3v) is 3.12. The van der Waals surface area contributed by atoms with E-state index < -0.39 is 11.4 Å². The van der Waals surface area contributed by atoms with Gasteiger partial charge in [-0.1, -0.05) is 0 Å². The van der Waals surface area contributed by atoms with Crippen LogP contribution in [0.15, 0.2) is 0 Å². The smallest absolute Gasteiger partial charge is 0.137 e. The average molecular weight is 163 g/mol. The molecule has 0 aromatic carbocycles. The molecule has 0 aliphatic rings. The molecule has 0 radical (unpaired) electrons. The van der Waals surface area contributed by atoms with E-state index in [1.54, 1.807) is 0 Å². The van der Waals surface area contributed by atoms with E-state index in [0.29, 0.717) is 0 Å². The first-order valence-electron chi connectivity index (χ1n) is 3.52. The van der Waals surface area contributed by atoms with Crippen molar-refractivity contribution in [3.05, 3.63) is 0 Å². The van der Waals surface area contributed by atoms with Crippen LogP contribution in [0, 0.1) is 0 Å². The van der Waals surface area contributed by atoms with Crippen LogP contribution < -0.4 is 0 Å². The Morgan fingerprint density at radius 2 is 1.80 bits per heavy atom. The first-order chi connectivity index (χ1) is 4.39. The Morgan fingerprint density at radius 3 is 1.90 bits per heavy atom. The van der Waals surface area contributed by atoms with Gasteiger partial charge in [0, 0.05) is 25.0 Å². The molecule has 10 heavy (non-hydrogen) atoms. The number of hydrogen-bond donors (Lipinski definition) is 0. The predicted molar refractivity (Wildman–Crippen MR) is 46.2 cm³/mol. The molecule has 0 aromatic heterocycles. The Bertz CT molecular complexity index is 100. The molecule has 0 rings (SSSR count). The summed E-state index contributed by atoms with van der Waals surface area (Å²) in [6.07, 6.45) is 0. The fraction of sp³-hybridized carbons (Fsp3) is 1.00. The van der Waals surface area contributed by atoms with Crippen molar-refractivity contribution in [1.82, 2.24) is 4.31 Å². The number of rotatable bonds is 2. The molecule has 3 heteroatoms. The third kappa shape index (κ3) is 2.90. The van der Waals surface area contributed by atoms with E-state index in [1.165, 1.54) is 0 Å². The van der Waals surface area contributed by atoms with Gasteiger partial charge in [-0.2, -0.15) is 0 Å². The summed E-state index contributed by atoms with van der Waals surface area (Å²) in [5.74, 6) is 0. The van der Waals surface area contributed by atoms with Crippen LogP contribution in [-0.2, 0) is 11.4 Å². The van der Waals surface area contributed by atoms with E-state index in [-0.39, 0.29) is 4.75 Å². The molecule has 0 spiro atoms. The maximum absolute atomic E-state index is 11.4. The van der Waals surface area contributed by atoms with Gasteiger partial charge in [-0.15, -0.1) is 4.31 Å². The van der Waals surface area contributed by atoms with Gasteiger partial charge < -0.3 is 4.55 Å². The second-order valence-corrected chi connectivity index (χ2v) is 5.65. The summed E-state index contributed by atoms with van der Waals surface area (Å²) in [4.78, 5) is 0. The molecule has 0 fully saturated rings. The topological polar surface area (TPSA) is 26.3 Å². The van der Waals surface area contributed by atoms with Gasteiger partial charge in [0.15, 0.2) is 0 Å². The van der Waals surface area contributed by atoms with Crippen molar-refractivity contribution >= 4 is 11.4 Å². The lowest BCUT2D eigenvalue weighted by atomic mass is 10.3. The normalized spacial score (nSPS) is 15.9. The van der Waals surface area contributed by atoms with E-state index in [2.05, 4.69) is 0 Å². The van der Waals surface area contributed by atoms with Crippen LogP contribution in [-0.4, -0.2) is 27.2 Å². The molecule has 0 aliphatic carbocycles. The first-order valence-corrected chi connectivity index (χ1v) is 4.63. The maximum atomic E-state index is 11.4. The summed E-state index contributed by atoms with van der Waals surface area (Å²) in [5.41, 5.74) is 0. The summed E-state index contributed by atoms with van der Waals surface area (Å²) in [7, 11) is 1.88. The van der Waals surface area contributed by atoms with Crippen molar-refractivity contribution in [3.8, 4) is 0 Å². The highest BCUT2D eigenvalue weighted by Gasteiger charge is 2.29. The quantitative estimate of drug-likeness (QED) is 0.575. The van der Waals surface area contributed by atoms with Crippen molar-refractivity contribution in [1.29, 1.82) is 0 Å². The van der Waals surface area contributed by atoms with Gasteiger partial charge >= 0.3 is 0 Å². The van der Waals surface area contributed by atoms with Crippen LogP contribution in [0.4, 0.5) is 0 Å². The van der Waals surface area contributed by atoms with E-state index in [4.69, 9.17) is 0 Å². The van der Waals surface area contributed by atoms with Crippen LogP contribution >= 0.6 is 0 Å². The van der Waals surface area contributed by atoms with Gasteiger partial charge in [0.1, 0.15) is 4.75 Å². The van der Waals surface area contributed by atoms with Gasteiger partial charge in [-0.3, -0.25) is 0 Å². The van der Waals surface area contributed by atoms with E-state index in [1.807, 2.05) is 39.0 Å². The van der Waals surface area contributed by atoms with Crippen LogP contribution in [0.3, 0.4) is 0 Å². The molecule has 0 N–H and O–H groups in total. The van der Waals surface area contributed by atoms with Crippen molar-refractivity contribution in [2.75, 3.05) is 13.6 Å². The zero-order valence-electron chi connectivity index (χ0n) is 7.47. The van der Waals surface area contributed by atoms with Gasteiger partial charge in [0.25, 0.3) is 0 Å². The van der Waals surface area contributed by atoms with E-state index in [9.17, 15) is 4.55 Å². The molecular weight excluding hydrogens is 146 g/mol. The Labute approximate surface area is 66.9 Å². The standard InChI is InChI=1S/C7H17NOS/c1-6-8(5)10(9)7(2,3)4/h6H2,1-5H3. The van der Waals surface area contributed by atoms with Crippen LogP contribution in [0.25, 0.3) is 0 Å². The average Bonchev–Trinajstić information content (AvgIpc) is 1.83. The molecule has 0 amide bonds. The van der Waals surface area contributed by atoms with Crippen LogP contribution in [0.1, 0.15) is 27.7 Å². The molecule has 0 saturated carbocycles. The second kappa shape index (κ2) is 3.60. The number of nitrogens with zero attached hydrogens (tertiary/aromatic N) is 1. The molecular formula is C7H17NOS. The number of hydrogen-bond acceptors (Lipinski definition) is 2. The molecule has 1 atom stereocenters. The lowest BCUT2D eigenvalue weighted by Gasteiger charge is -2.29. The van der Waals surface area contributed by atoms with Gasteiger partial charge in [0.05, 0.1) is 0 Å². The zero-order valence-corrected chi connectivity index (χ0v) is 8.29. The van der Waals surface area contributed by atoms with Gasteiger partial charge in [0.2, 0.25) is 0 Å². The second-order valence-electron chi connectivity index (χ2n) is 3.31. The molecule has 0 aromatic rings. The largest absolute Gasteiger partial charge is 0.598 e. The molecule has 2 nitrogen and oxygen atoms in total. The highest BCUT2D eigenvalue weighted by Crippen LogP contribution is 2.17. The maximum Gasteiger partial charge on any atom is 0.137 e. The summed E-state index contributed by atoms with van der Waals surface area (Å²) >= 11 is -0.849. The summed E-state index contributed by atoms with van der Waals surface area (Å²) in [5, 5.41) is 0. The predicted octanol–water partition coefficient (Wildman–Crippen LogP) is 1.40.